The van der Waals surface area contributed by atoms with Crippen LogP contribution in [0.25, 0.3) is 0 Å². The molecule has 0 aromatic heterocycles. The molecule has 0 amide bonds. The predicted molar refractivity (Wildman–Crippen MR) is 37.0 cm³/mol. The molecule has 8 heavy (non-hydrogen) atoms. The second kappa shape index (κ2) is 2.26. The molecule has 0 atom stereocenters. The average Bonchev–Trinajstić information content (AvgIpc) is 2.17. The van der Waals surface area contributed by atoms with Gasteiger partial charge in [0.15, 0.2) is 0 Å². The van der Waals surface area contributed by atoms with Crippen molar-refractivity contribution in [3.05, 3.63) is 6.92 Å². The van der Waals surface area contributed by atoms with Crippen molar-refractivity contribution in [2.75, 3.05) is 0 Å². The maximum absolute atomic E-state index is 6.09. The van der Waals surface area contributed by atoms with E-state index in [1.807, 2.05) is 0 Å². The van der Waals surface area contributed by atoms with Gasteiger partial charge in [0.25, 0.3) is 0 Å². The third-order valence-electron chi connectivity index (χ3n) is 1.95. The van der Waals surface area contributed by atoms with E-state index in [-0.39, 0.29) is 4.87 Å². The predicted octanol–water partition coefficient (Wildman–Crippen LogP) is 2.76. The Labute approximate surface area is 56.2 Å². The van der Waals surface area contributed by atoms with Crippen LogP contribution in [0.15, 0.2) is 0 Å². The number of hydrogen-bond donors (Lipinski definition) is 0. The van der Waals surface area contributed by atoms with Gasteiger partial charge in [0.05, 0.1) is 0 Å². The maximum atomic E-state index is 6.09. The standard InChI is InChI=1S/C7H12Cl/c1-2-7(8)5-3-4-6-7/h1-6H2. The van der Waals surface area contributed by atoms with E-state index in [0.29, 0.717) is 0 Å². The first-order chi connectivity index (χ1) is 3.77. The Morgan fingerprint density at radius 1 is 1.38 bits per heavy atom. The van der Waals surface area contributed by atoms with Crippen molar-refractivity contribution in [1.82, 2.24) is 0 Å². The highest BCUT2D eigenvalue weighted by Gasteiger charge is 2.28. The first kappa shape index (κ1) is 6.41. The van der Waals surface area contributed by atoms with Crippen molar-refractivity contribution in [3.8, 4) is 0 Å². The lowest BCUT2D eigenvalue weighted by molar-refractivity contribution is 0.602. The summed E-state index contributed by atoms with van der Waals surface area (Å²) in [5.74, 6) is 0. The summed E-state index contributed by atoms with van der Waals surface area (Å²) in [6.45, 7) is 3.81. The lowest BCUT2D eigenvalue weighted by Gasteiger charge is -2.16. The summed E-state index contributed by atoms with van der Waals surface area (Å²) in [5.41, 5.74) is 0. The van der Waals surface area contributed by atoms with Gasteiger partial charge in [-0.25, -0.2) is 0 Å². The van der Waals surface area contributed by atoms with Gasteiger partial charge < -0.3 is 0 Å². The molecule has 0 saturated heterocycles. The van der Waals surface area contributed by atoms with E-state index >= 15 is 0 Å². The summed E-state index contributed by atoms with van der Waals surface area (Å²) in [6.07, 6.45) is 5.86. The summed E-state index contributed by atoms with van der Waals surface area (Å²) in [7, 11) is 0. The molecule has 1 aliphatic rings. The fraction of sp³-hybridized carbons (Fsp3) is 0.857. The van der Waals surface area contributed by atoms with E-state index in [4.69, 9.17) is 11.6 Å². The third kappa shape index (κ3) is 1.17. The smallest absolute Gasteiger partial charge is 0.0446 e. The van der Waals surface area contributed by atoms with Crippen LogP contribution in [-0.4, -0.2) is 4.87 Å². The molecule has 0 unspecified atom stereocenters. The Morgan fingerprint density at radius 3 is 2.12 bits per heavy atom. The monoisotopic (exact) mass is 131 g/mol. The molecular weight excluding hydrogens is 120 g/mol. The minimum absolute atomic E-state index is 0.0972. The molecule has 0 spiro atoms. The summed E-state index contributed by atoms with van der Waals surface area (Å²) < 4.78 is 0. The SMILES string of the molecule is [CH2]CC1(Cl)CCCC1. The van der Waals surface area contributed by atoms with Crippen LogP contribution in [0.2, 0.25) is 0 Å². The summed E-state index contributed by atoms with van der Waals surface area (Å²) in [5, 5.41) is 0. The molecule has 0 nitrogen and oxygen atoms in total. The molecule has 0 heterocycles. The van der Waals surface area contributed by atoms with Gasteiger partial charge in [-0.3, -0.25) is 0 Å². The molecule has 1 heteroatoms. The zero-order valence-corrected chi connectivity index (χ0v) is 5.88. The highest BCUT2D eigenvalue weighted by molar-refractivity contribution is 6.24. The van der Waals surface area contributed by atoms with Crippen LogP contribution in [0.4, 0.5) is 0 Å². The van der Waals surface area contributed by atoms with Crippen molar-refractivity contribution in [2.45, 2.75) is 37.0 Å². The fourth-order valence-electron chi connectivity index (χ4n) is 1.26. The largest absolute Gasteiger partial charge is 0.119 e. The van der Waals surface area contributed by atoms with Gasteiger partial charge in [-0.1, -0.05) is 19.8 Å². The van der Waals surface area contributed by atoms with Crippen LogP contribution in [0, 0.1) is 6.92 Å². The van der Waals surface area contributed by atoms with Crippen LogP contribution >= 0.6 is 11.6 Å². The van der Waals surface area contributed by atoms with E-state index in [1.54, 1.807) is 0 Å². The third-order valence-corrected chi connectivity index (χ3v) is 2.51. The molecule has 1 radical (unpaired) electrons. The minimum atomic E-state index is 0.0972. The minimum Gasteiger partial charge on any atom is -0.119 e. The van der Waals surface area contributed by atoms with Crippen molar-refractivity contribution in [3.63, 3.8) is 0 Å². The zero-order chi connectivity index (χ0) is 6.04. The van der Waals surface area contributed by atoms with E-state index < -0.39 is 0 Å². The van der Waals surface area contributed by atoms with E-state index in [1.165, 1.54) is 25.7 Å². The van der Waals surface area contributed by atoms with Gasteiger partial charge in [0, 0.05) is 4.87 Å². The van der Waals surface area contributed by atoms with Crippen LogP contribution in [0.3, 0.4) is 0 Å². The average molecular weight is 132 g/mol. The van der Waals surface area contributed by atoms with Crippen LogP contribution in [-0.2, 0) is 0 Å². The van der Waals surface area contributed by atoms with Crippen LogP contribution in [0.5, 0.6) is 0 Å². The van der Waals surface area contributed by atoms with Gasteiger partial charge in [0.1, 0.15) is 0 Å². The Balaban J connectivity index is 2.40. The van der Waals surface area contributed by atoms with Gasteiger partial charge in [-0.2, -0.15) is 0 Å². The molecule has 1 aliphatic carbocycles. The second-order valence-corrected chi connectivity index (χ2v) is 3.41. The maximum Gasteiger partial charge on any atom is 0.0446 e. The van der Waals surface area contributed by atoms with E-state index in [0.717, 1.165) is 6.42 Å². The van der Waals surface area contributed by atoms with Gasteiger partial charge in [-0.15, -0.1) is 11.6 Å². The quantitative estimate of drug-likeness (QED) is 0.480. The Hall–Kier alpha value is 0.290. The molecule has 0 bridgehead atoms. The van der Waals surface area contributed by atoms with Gasteiger partial charge in [-0.05, 0) is 19.3 Å². The van der Waals surface area contributed by atoms with Crippen molar-refractivity contribution in [2.24, 2.45) is 0 Å². The first-order valence-electron chi connectivity index (χ1n) is 3.25. The molecule has 1 fully saturated rings. The number of halogens is 1. The molecular formula is C7H12Cl. The Kier molecular flexibility index (Phi) is 1.81. The summed E-state index contributed by atoms with van der Waals surface area (Å²) in [4.78, 5) is 0.0972. The molecule has 0 aromatic carbocycles. The number of rotatable bonds is 1. The topological polar surface area (TPSA) is 0 Å². The summed E-state index contributed by atoms with van der Waals surface area (Å²) in [6, 6.07) is 0. The van der Waals surface area contributed by atoms with Crippen molar-refractivity contribution in [1.29, 1.82) is 0 Å². The van der Waals surface area contributed by atoms with Gasteiger partial charge in [0.2, 0.25) is 0 Å². The highest BCUT2D eigenvalue weighted by atomic mass is 35.5. The number of alkyl halides is 1. The lowest BCUT2D eigenvalue weighted by atomic mass is 10.1. The molecule has 1 saturated carbocycles. The zero-order valence-electron chi connectivity index (χ0n) is 5.12. The highest BCUT2D eigenvalue weighted by Crippen LogP contribution is 2.37. The van der Waals surface area contributed by atoms with Crippen LogP contribution < -0.4 is 0 Å². The molecule has 0 aromatic rings. The lowest BCUT2D eigenvalue weighted by Crippen LogP contribution is -2.13. The first-order valence-corrected chi connectivity index (χ1v) is 3.63. The fourth-order valence-corrected chi connectivity index (χ4v) is 1.53. The Morgan fingerprint density at radius 2 is 1.88 bits per heavy atom. The normalized spacial score (nSPS) is 26.2. The van der Waals surface area contributed by atoms with Crippen molar-refractivity contribution < 1.29 is 0 Å². The second-order valence-electron chi connectivity index (χ2n) is 2.61. The van der Waals surface area contributed by atoms with E-state index in [2.05, 4.69) is 6.92 Å². The molecule has 1 rings (SSSR count). The summed E-state index contributed by atoms with van der Waals surface area (Å²) >= 11 is 6.09. The van der Waals surface area contributed by atoms with Crippen molar-refractivity contribution >= 4 is 11.6 Å². The van der Waals surface area contributed by atoms with Gasteiger partial charge >= 0.3 is 0 Å². The molecule has 47 valence electrons. The molecule has 0 aliphatic heterocycles. The van der Waals surface area contributed by atoms with E-state index in [9.17, 15) is 0 Å². The number of hydrogen-bond acceptors (Lipinski definition) is 0. The van der Waals surface area contributed by atoms with Crippen LogP contribution in [0.1, 0.15) is 32.1 Å². The Bertz CT molecular complexity index is 72.5. The molecule has 0 N–H and O–H groups in total.